The van der Waals surface area contributed by atoms with E-state index in [0.29, 0.717) is 22.7 Å². The van der Waals surface area contributed by atoms with Crippen molar-refractivity contribution in [2.75, 3.05) is 5.32 Å². The highest BCUT2D eigenvalue weighted by atomic mass is 16.4. The Morgan fingerprint density at radius 3 is 2.73 bits per heavy atom. The lowest BCUT2D eigenvalue weighted by molar-refractivity contribution is -0.110. The number of hydrogen-bond acceptors (Lipinski definition) is 3. The Morgan fingerprint density at radius 2 is 1.92 bits per heavy atom. The highest BCUT2D eigenvalue weighted by Gasteiger charge is 2.24. The number of carbonyl (C=O) groups excluding carboxylic acids is 1. The second-order valence-corrected chi connectivity index (χ2v) is 6.10. The average molecular weight is 345 g/mol. The van der Waals surface area contributed by atoms with Gasteiger partial charge in [-0.05, 0) is 42.8 Å². The minimum atomic E-state index is -0.989. The molecule has 0 radical (unpaired) electrons. The minimum absolute atomic E-state index is 0.170. The molecule has 2 aromatic carbocycles. The van der Waals surface area contributed by atoms with Gasteiger partial charge in [0, 0.05) is 16.8 Å². The lowest BCUT2D eigenvalue weighted by Crippen LogP contribution is -2.03. The number of benzene rings is 2. The van der Waals surface area contributed by atoms with Crippen LogP contribution < -0.4 is 5.32 Å². The van der Waals surface area contributed by atoms with Crippen LogP contribution in [-0.4, -0.2) is 17.0 Å². The van der Waals surface area contributed by atoms with E-state index in [1.54, 1.807) is 24.3 Å². The number of carbonyl (C=O) groups is 2. The van der Waals surface area contributed by atoms with Crippen molar-refractivity contribution < 1.29 is 19.1 Å². The van der Waals surface area contributed by atoms with Crippen LogP contribution in [-0.2, 0) is 4.79 Å². The summed E-state index contributed by atoms with van der Waals surface area (Å²) in [5, 5.41) is 12.0. The fraction of sp³-hybridized carbons (Fsp3) is 0.0476. The van der Waals surface area contributed by atoms with Crippen LogP contribution in [0.2, 0.25) is 0 Å². The first kappa shape index (κ1) is 15.9. The Balaban J connectivity index is 1.75. The van der Waals surface area contributed by atoms with Gasteiger partial charge in [-0.15, -0.1) is 0 Å². The first-order valence-corrected chi connectivity index (χ1v) is 8.09. The number of carboxylic acid groups (broad SMARTS) is 1. The van der Waals surface area contributed by atoms with Crippen molar-refractivity contribution in [3.05, 3.63) is 77.0 Å². The van der Waals surface area contributed by atoms with Gasteiger partial charge >= 0.3 is 5.97 Å². The third-order valence-electron chi connectivity index (χ3n) is 4.34. The first-order valence-electron chi connectivity index (χ1n) is 8.09. The molecule has 5 heteroatoms. The maximum Gasteiger partial charge on any atom is 0.335 e. The molecule has 2 N–H and O–H groups in total. The van der Waals surface area contributed by atoms with E-state index >= 15 is 0 Å². The molecule has 0 atom stereocenters. The van der Waals surface area contributed by atoms with E-state index < -0.39 is 5.97 Å². The van der Waals surface area contributed by atoms with Crippen molar-refractivity contribution in [2.45, 2.75) is 6.92 Å². The summed E-state index contributed by atoms with van der Waals surface area (Å²) in [6.45, 7) is 1.89. The van der Waals surface area contributed by atoms with Crippen LogP contribution >= 0.6 is 0 Å². The number of aryl methyl sites for hydroxylation is 1. The summed E-state index contributed by atoms with van der Waals surface area (Å²) in [6.07, 6.45) is 1.72. The summed E-state index contributed by atoms with van der Waals surface area (Å²) >= 11 is 0. The Bertz CT molecular complexity index is 1080. The van der Waals surface area contributed by atoms with Gasteiger partial charge < -0.3 is 14.8 Å². The average Bonchev–Trinajstić information content (AvgIpc) is 3.16. The number of fused-ring (bicyclic) bond motifs is 1. The molecule has 0 bridgehead atoms. The normalized spacial score (nSPS) is 14.3. The molecule has 0 saturated carbocycles. The molecule has 3 aromatic rings. The molecule has 1 aromatic heterocycles. The molecular weight excluding hydrogens is 330 g/mol. The number of furan rings is 1. The molecule has 5 nitrogen and oxygen atoms in total. The number of rotatable bonds is 3. The molecule has 0 spiro atoms. The minimum Gasteiger partial charge on any atom is -0.478 e. The number of para-hydroxylation sites is 1. The van der Waals surface area contributed by atoms with Crippen LogP contribution in [0.4, 0.5) is 5.69 Å². The molecule has 4 rings (SSSR count). The molecular formula is C21H15NO4. The second kappa shape index (κ2) is 6.04. The van der Waals surface area contributed by atoms with Crippen LogP contribution in [0.3, 0.4) is 0 Å². The van der Waals surface area contributed by atoms with Crippen molar-refractivity contribution in [3.8, 4) is 11.3 Å². The zero-order chi connectivity index (χ0) is 18.3. The van der Waals surface area contributed by atoms with E-state index in [0.717, 1.165) is 16.8 Å². The molecule has 1 amide bonds. The summed E-state index contributed by atoms with van der Waals surface area (Å²) in [4.78, 5) is 23.4. The van der Waals surface area contributed by atoms with Gasteiger partial charge in [-0.25, -0.2) is 4.79 Å². The maximum atomic E-state index is 12.3. The van der Waals surface area contributed by atoms with Gasteiger partial charge in [0.1, 0.15) is 11.5 Å². The second-order valence-electron chi connectivity index (χ2n) is 6.10. The number of hydrogen-bond donors (Lipinski definition) is 2. The van der Waals surface area contributed by atoms with Crippen molar-refractivity contribution in [2.24, 2.45) is 0 Å². The third-order valence-corrected chi connectivity index (χ3v) is 4.34. The van der Waals surface area contributed by atoms with Gasteiger partial charge in [-0.2, -0.15) is 0 Å². The Kier molecular flexibility index (Phi) is 3.69. The predicted molar refractivity (Wildman–Crippen MR) is 98.8 cm³/mol. The summed E-state index contributed by atoms with van der Waals surface area (Å²) < 4.78 is 5.91. The summed E-state index contributed by atoms with van der Waals surface area (Å²) in [7, 11) is 0. The SMILES string of the molecule is Cc1cc(-c2cccc(C(=O)O)c2)oc1/C=C1/C(=O)Nc2ccccc21. The fourth-order valence-corrected chi connectivity index (χ4v) is 3.00. The Hall–Kier alpha value is -3.60. The largest absolute Gasteiger partial charge is 0.478 e. The zero-order valence-corrected chi connectivity index (χ0v) is 13.9. The summed E-state index contributed by atoms with van der Waals surface area (Å²) in [5.41, 5.74) is 3.90. The van der Waals surface area contributed by atoms with Gasteiger partial charge in [-0.3, -0.25) is 4.79 Å². The standard InChI is InChI=1S/C21H15NO4/c1-12-9-19(13-5-4-6-14(10-13)21(24)25)26-18(12)11-16-15-7-2-3-8-17(15)22-20(16)23/h2-11H,1H3,(H,22,23)(H,24,25)/b16-11+. The van der Waals surface area contributed by atoms with E-state index in [4.69, 9.17) is 9.52 Å². The molecule has 0 aliphatic carbocycles. The Morgan fingerprint density at radius 1 is 1.12 bits per heavy atom. The Labute approximate surface area is 149 Å². The van der Waals surface area contributed by atoms with Crippen LogP contribution in [0.5, 0.6) is 0 Å². The predicted octanol–water partition coefficient (Wildman–Crippen LogP) is 4.45. The molecule has 2 heterocycles. The molecule has 128 valence electrons. The molecule has 0 saturated heterocycles. The van der Waals surface area contributed by atoms with Crippen LogP contribution in [0.15, 0.2) is 59.0 Å². The van der Waals surface area contributed by atoms with E-state index in [1.807, 2.05) is 37.3 Å². The zero-order valence-electron chi connectivity index (χ0n) is 13.9. The number of anilines is 1. The summed E-state index contributed by atoms with van der Waals surface area (Å²) in [6, 6.07) is 15.9. The maximum absolute atomic E-state index is 12.3. The third kappa shape index (κ3) is 2.69. The monoisotopic (exact) mass is 345 g/mol. The quantitative estimate of drug-likeness (QED) is 0.688. The number of carboxylic acids is 1. The van der Waals surface area contributed by atoms with E-state index in [1.165, 1.54) is 6.07 Å². The topological polar surface area (TPSA) is 79.5 Å². The molecule has 26 heavy (non-hydrogen) atoms. The van der Waals surface area contributed by atoms with Crippen LogP contribution in [0.25, 0.3) is 23.0 Å². The van der Waals surface area contributed by atoms with Crippen LogP contribution in [0, 0.1) is 6.92 Å². The number of nitrogens with one attached hydrogen (secondary N) is 1. The van der Waals surface area contributed by atoms with Crippen molar-refractivity contribution >= 4 is 29.2 Å². The van der Waals surface area contributed by atoms with Gasteiger partial charge in [0.25, 0.3) is 5.91 Å². The lowest BCUT2D eigenvalue weighted by Gasteiger charge is -1.99. The lowest BCUT2D eigenvalue weighted by atomic mass is 10.1. The first-order chi connectivity index (χ1) is 12.5. The van der Waals surface area contributed by atoms with Crippen molar-refractivity contribution in [1.82, 2.24) is 0 Å². The highest BCUT2D eigenvalue weighted by molar-refractivity contribution is 6.34. The van der Waals surface area contributed by atoms with E-state index in [2.05, 4.69) is 5.32 Å². The highest BCUT2D eigenvalue weighted by Crippen LogP contribution is 2.34. The number of aromatic carboxylic acids is 1. The van der Waals surface area contributed by atoms with Crippen LogP contribution in [0.1, 0.15) is 27.2 Å². The molecule has 1 aliphatic rings. The molecule has 0 fully saturated rings. The van der Waals surface area contributed by atoms with Crippen molar-refractivity contribution in [3.63, 3.8) is 0 Å². The van der Waals surface area contributed by atoms with Crippen molar-refractivity contribution in [1.29, 1.82) is 0 Å². The molecule has 0 unspecified atom stereocenters. The fourth-order valence-electron chi connectivity index (χ4n) is 3.00. The van der Waals surface area contributed by atoms with Gasteiger partial charge in [0.05, 0.1) is 11.1 Å². The number of amides is 1. The van der Waals surface area contributed by atoms with Gasteiger partial charge in [0.15, 0.2) is 0 Å². The van der Waals surface area contributed by atoms with Gasteiger partial charge in [-0.1, -0.05) is 30.3 Å². The van der Waals surface area contributed by atoms with E-state index in [9.17, 15) is 9.59 Å². The summed E-state index contributed by atoms with van der Waals surface area (Å²) in [5.74, 6) is -0.0279. The van der Waals surface area contributed by atoms with E-state index in [-0.39, 0.29) is 11.5 Å². The molecule has 1 aliphatic heterocycles. The smallest absolute Gasteiger partial charge is 0.335 e. The van der Waals surface area contributed by atoms with Gasteiger partial charge in [0.2, 0.25) is 0 Å².